The molecule has 0 spiro atoms. The van der Waals surface area contributed by atoms with E-state index in [1.807, 2.05) is 61.5 Å². The monoisotopic (exact) mass is 391 g/mol. The molecule has 0 heterocycles. The Morgan fingerprint density at radius 2 is 1.59 bits per heavy atom. The van der Waals surface area contributed by atoms with Crippen LogP contribution in [0, 0.1) is 0 Å². The molecule has 5 heteroatoms. The fraction of sp³-hybridized carbons (Fsp3) is 0.208. The molecule has 29 heavy (non-hydrogen) atoms. The highest BCUT2D eigenvalue weighted by molar-refractivity contribution is 5.94. The van der Waals surface area contributed by atoms with E-state index in [1.165, 1.54) is 0 Å². The molecular weight excluding hydrogens is 366 g/mol. The fourth-order valence-corrected chi connectivity index (χ4v) is 2.81. The molecule has 1 N–H and O–H groups in total. The molecule has 0 saturated carbocycles. The van der Waals surface area contributed by atoms with Crippen LogP contribution in [0.4, 0.5) is 0 Å². The van der Waals surface area contributed by atoms with Crippen molar-refractivity contribution in [2.24, 2.45) is 0 Å². The van der Waals surface area contributed by atoms with E-state index in [9.17, 15) is 4.79 Å². The number of hydrogen-bond donors (Lipinski definition) is 1. The zero-order valence-electron chi connectivity index (χ0n) is 16.7. The van der Waals surface area contributed by atoms with Crippen molar-refractivity contribution in [3.8, 4) is 17.2 Å². The molecule has 0 fully saturated rings. The highest BCUT2D eigenvalue weighted by Gasteiger charge is 2.11. The number of hydrogen-bond acceptors (Lipinski definition) is 4. The minimum Gasteiger partial charge on any atom is -0.493 e. The summed E-state index contributed by atoms with van der Waals surface area (Å²) in [5, 5.41) is 2.93. The average molecular weight is 391 g/mol. The van der Waals surface area contributed by atoms with Crippen LogP contribution >= 0.6 is 0 Å². The lowest BCUT2D eigenvalue weighted by Gasteiger charge is -2.11. The van der Waals surface area contributed by atoms with Crippen molar-refractivity contribution in [1.82, 2.24) is 5.32 Å². The van der Waals surface area contributed by atoms with Crippen LogP contribution in [0.1, 0.15) is 28.4 Å². The third-order valence-corrected chi connectivity index (χ3v) is 4.35. The van der Waals surface area contributed by atoms with E-state index in [4.69, 9.17) is 14.2 Å². The molecule has 1 amide bonds. The summed E-state index contributed by atoms with van der Waals surface area (Å²) in [5.74, 6) is 1.85. The molecule has 3 aromatic rings. The van der Waals surface area contributed by atoms with Crippen LogP contribution in [0.15, 0.2) is 72.8 Å². The van der Waals surface area contributed by atoms with Gasteiger partial charge >= 0.3 is 0 Å². The largest absolute Gasteiger partial charge is 0.493 e. The highest BCUT2D eigenvalue weighted by atomic mass is 16.5. The second-order valence-corrected chi connectivity index (χ2v) is 6.40. The van der Waals surface area contributed by atoms with Crippen LogP contribution in [0.5, 0.6) is 17.2 Å². The normalized spacial score (nSPS) is 10.3. The smallest absolute Gasteiger partial charge is 0.251 e. The van der Waals surface area contributed by atoms with Crippen LogP contribution < -0.4 is 19.5 Å². The molecule has 0 aromatic heterocycles. The van der Waals surface area contributed by atoms with E-state index >= 15 is 0 Å². The third kappa shape index (κ3) is 5.75. The number of benzene rings is 3. The predicted octanol–water partition coefficient (Wildman–Crippen LogP) is 4.60. The average Bonchev–Trinajstić information content (AvgIpc) is 2.77. The van der Waals surface area contributed by atoms with E-state index in [0.29, 0.717) is 36.8 Å². The molecule has 0 radical (unpaired) electrons. The van der Waals surface area contributed by atoms with Crippen LogP contribution in [-0.2, 0) is 13.2 Å². The van der Waals surface area contributed by atoms with Gasteiger partial charge in [-0.1, -0.05) is 42.5 Å². The summed E-state index contributed by atoms with van der Waals surface area (Å²) < 4.78 is 16.5. The van der Waals surface area contributed by atoms with Gasteiger partial charge in [-0.3, -0.25) is 4.79 Å². The van der Waals surface area contributed by atoms with Gasteiger partial charge in [-0.05, 0) is 48.4 Å². The van der Waals surface area contributed by atoms with Gasteiger partial charge in [0.25, 0.3) is 5.91 Å². The Hall–Kier alpha value is -3.47. The number of amides is 1. The topological polar surface area (TPSA) is 56.8 Å². The SMILES string of the molecule is CCOc1cc(C(=O)NCc2ccc(COc3ccccc3)cc2)ccc1OC. The van der Waals surface area contributed by atoms with Gasteiger partial charge in [0.05, 0.1) is 13.7 Å². The number of ether oxygens (including phenoxy) is 3. The van der Waals surface area contributed by atoms with Crippen molar-refractivity contribution >= 4 is 5.91 Å². The summed E-state index contributed by atoms with van der Waals surface area (Å²) in [6.45, 7) is 3.33. The highest BCUT2D eigenvalue weighted by Crippen LogP contribution is 2.28. The van der Waals surface area contributed by atoms with E-state index in [1.54, 1.807) is 25.3 Å². The van der Waals surface area contributed by atoms with Crippen molar-refractivity contribution in [3.63, 3.8) is 0 Å². The molecule has 0 saturated heterocycles. The maximum absolute atomic E-state index is 12.5. The molecule has 5 nitrogen and oxygen atoms in total. The first-order valence-corrected chi connectivity index (χ1v) is 9.54. The van der Waals surface area contributed by atoms with Gasteiger partial charge < -0.3 is 19.5 Å². The van der Waals surface area contributed by atoms with E-state index in [0.717, 1.165) is 16.9 Å². The zero-order valence-corrected chi connectivity index (χ0v) is 16.7. The first kappa shape index (κ1) is 20.3. The maximum atomic E-state index is 12.5. The summed E-state index contributed by atoms with van der Waals surface area (Å²) in [4.78, 5) is 12.5. The minimum atomic E-state index is -0.162. The summed E-state index contributed by atoms with van der Waals surface area (Å²) in [6, 6.07) is 22.9. The molecule has 0 aliphatic carbocycles. The fourth-order valence-electron chi connectivity index (χ4n) is 2.81. The number of para-hydroxylation sites is 1. The standard InChI is InChI=1S/C24H25NO4/c1-3-28-23-15-20(13-14-22(23)27-2)24(26)25-16-18-9-11-19(12-10-18)17-29-21-7-5-4-6-8-21/h4-15H,3,16-17H2,1-2H3,(H,25,26). The molecule has 150 valence electrons. The first-order chi connectivity index (χ1) is 14.2. The molecule has 0 atom stereocenters. The van der Waals surface area contributed by atoms with Crippen LogP contribution in [0.3, 0.4) is 0 Å². The number of carbonyl (C=O) groups excluding carboxylic acids is 1. The van der Waals surface area contributed by atoms with E-state index < -0.39 is 0 Å². The molecule has 3 rings (SSSR count). The Balaban J connectivity index is 1.54. The molecule has 0 unspecified atom stereocenters. The summed E-state index contributed by atoms with van der Waals surface area (Å²) in [7, 11) is 1.58. The van der Waals surface area contributed by atoms with Crippen molar-refractivity contribution in [2.45, 2.75) is 20.1 Å². The lowest BCUT2D eigenvalue weighted by Crippen LogP contribution is -2.22. The molecule has 0 bridgehead atoms. The summed E-state index contributed by atoms with van der Waals surface area (Å²) in [6.07, 6.45) is 0. The lowest BCUT2D eigenvalue weighted by molar-refractivity contribution is 0.0950. The zero-order chi connectivity index (χ0) is 20.5. The first-order valence-electron chi connectivity index (χ1n) is 9.54. The van der Waals surface area contributed by atoms with Gasteiger partial charge in [-0.15, -0.1) is 0 Å². The predicted molar refractivity (Wildman–Crippen MR) is 113 cm³/mol. The van der Waals surface area contributed by atoms with Gasteiger partial charge in [-0.25, -0.2) is 0 Å². The quantitative estimate of drug-likeness (QED) is 0.579. The second kappa shape index (κ2) is 10.2. The Kier molecular flexibility index (Phi) is 7.11. The van der Waals surface area contributed by atoms with Gasteiger partial charge in [0.1, 0.15) is 12.4 Å². The van der Waals surface area contributed by atoms with Gasteiger partial charge in [0.2, 0.25) is 0 Å². The summed E-state index contributed by atoms with van der Waals surface area (Å²) in [5.41, 5.74) is 2.61. The van der Waals surface area contributed by atoms with Crippen LogP contribution in [0.25, 0.3) is 0 Å². The molecular formula is C24H25NO4. The number of nitrogens with one attached hydrogen (secondary N) is 1. The van der Waals surface area contributed by atoms with Gasteiger partial charge in [0.15, 0.2) is 11.5 Å². The third-order valence-electron chi connectivity index (χ3n) is 4.35. The van der Waals surface area contributed by atoms with Crippen molar-refractivity contribution in [3.05, 3.63) is 89.5 Å². The number of rotatable bonds is 9. The van der Waals surface area contributed by atoms with Gasteiger partial charge in [0, 0.05) is 12.1 Å². The van der Waals surface area contributed by atoms with Crippen molar-refractivity contribution in [1.29, 1.82) is 0 Å². The van der Waals surface area contributed by atoms with E-state index in [2.05, 4.69) is 5.32 Å². The van der Waals surface area contributed by atoms with Crippen LogP contribution in [-0.4, -0.2) is 19.6 Å². The Morgan fingerprint density at radius 3 is 2.28 bits per heavy atom. The number of methoxy groups -OCH3 is 1. The maximum Gasteiger partial charge on any atom is 0.251 e. The molecule has 3 aromatic carbocycles. The Labute approximate surface area is 171 Å². The number of carbonyl (C=O) groups is 1. The van der Waals surface area contributed by atoms with Crippen molar-refractivity contribution in [2.75, 3.05) is 13.7 Å². The van der Waals surface area contributed by atoms with Crippen molar-refractivity contribution < 1.29 is 19.0 Å². The lowest BCUT2D eigenvalue weighted by atomic mass is 10.1. The summed E-state index contributed by atoms with van der Waals surface area (Å²) >= 11 is 0. The second-order valence-electron chi connectivity index (χ2n) is 6.40. The minimum absolute atomic E-state index is 0.162. The molecule has 0 aliphatic rings. The Morgan fingerprint density at radius 1 is 0.862 bits per heavy atom. The van der Waals surface area contributed by atoms with E-state index in [-0.39, 0.29) is 5.91 Å². The molecule has 0 aliphatic heterocycles. The van der Waals surface area contributed by atoms with Crippen LogP contribution in [0.2, 0.25) is 0 Å². The Bertz CT molecular complexity index is 923. The van der Waals surface area contributed by atoms with Gasteiger partial charge in [-0.2, -0.15) is 0 Å².